The average molecular weight is 851 g/mol. The van der Waals surface area contributed by atoms with E-state index >= 15 is 0 Å². The van der Waals surface area contributed by atoms with Crippen LogP contribution in [0.4, 0.5) is 0 Å². The summed E-state index contributed by atoms with van der Waals surface area (Å²) in [6, 6.07) is 0. The van der Waals surface area contributed by atoms with Crippen LogP contribution in [-0.2, 0) is 14.3 Å². The Balaban J connectivity index is 3.41. The van der Waals surface area contributed by atoms with E-state index in [0.717, 1.165) is 51.4 Å². The van der Waals surface area contributed by atoms with E-state index in [4.69, 9.17) is 9.47 Å². The zero-order valence-corrected chi connectivity index (χ0v) is 40.7. The molecule has 4 nitrogen and oxygen atoms in total. The summed E-state index contributed by atoms with van der Waals surface area (Å²) < 4.78 is 11.2. The summed E-state index contributed by atoms with van der Waals surface area (Å²) in [4.78, 5) is 12.3. The molecular weight excluding hydrogens is 749 g/mol. The van der Waals surface area contributed by atoms with Crippen LogP contribution in [-0.4, -0.2) is 37.0 Å². The molecule has 0 radical (unpaired) electrons. The molecule has 0 aromatic heterocycles. The number of aliphatic hydroxyl groups excluding tert-OH is 1. The fraction of sp³-hybridized carbons (Fsp3) is 0.772. The molecule has 0 heterocycles. The van der Waals surface area contributed by atoms with Gasteiger partial charge in [-0.2, -0.15) is 0 Å². The largest absolute Gasteiger partial charge is 0.457 e. The van der Waals surface area contributed by atoms with Crippen molar-refractivity contribution < 1.29 is 19.4 Å². The second kappa shape index (κ2) is 54.0. The van der Waals surface area contributed by atoms with Crippen molar-refractivity contribution in [2.24, 2.45) is 0 Å². The van der Waals surface area contributed by atoms with Crippen molar-refractivity contribution in [2.75, 3.05) is 19.8 Å². The highest BCUT2D eigenvalue weighted by atomic mass is 16.6. The molecule has 0 aromatic carbocycles. The molecule has 61 heavy (non-hydrogen) atoms. The predicted octanol–water partition coefficient (Wildman–Crippen LogP) is 18.1. The van der Waals surface area contributed by atoms with Gasteiger partial charge in [0.25, 0.3) is 0 Å². The van der Waals surface area contributed by atoms with Gasteiger partial charge in [-0.25, -0.2) is 0 Å². The van der Waals surface area contributed by atoms with Gasteiger partial charge in [0.2, 0.25) is 0 Å². The van der Waals surface area contributed by atoms with Crippen molar-refractivity contribution in [1.29, 1.82) is 0 Å². The van der Waals surface area contributed by atoms with E-state index in [1.807, 2.05) is 0 Å². The summed E-state index contributed by atoms with van der Waals surface area (Å²) in [5.74, 6) is -0.202. The summed E-state index contributed by atoms with van der Waals surface area (Å²) in [6.07, 6.45) is 74.3. The van der Waals surface area contributed by atoms with E-state index in [1.165, 1.54) is 186 Å². The van der Waals surface area contributed by atoms with Crippen molar-refractivity contribution in [3.05, 3.63) is 72.9 Å². The van der Waals surface area contributed by atoms with Crippen LogP contribution in [0.3, 0.4) is 0 Å². The molecule has 1 unspecified atom stereocenters. The summed E-state index contributed by atoms with van der Waals surface area (Å²) >= 11 is 0. The number of rotatable bonds is 49. The van der Waals surface area contributed by atoms with E-state index in [1.54, 1.807) is 0 Å². The second-order valence-electron chi connectivity index (χ2n) is 17.6. The Morgan fingerprint density at radius 3 is 1.11 bits per heavy atom. The van der Waals surface area contributed by atoms with Crippen molar-refractivity contribution >= 4 is 5.97 Å². The summed E-state index contributed by atoms with van der Waals surface area (Å²) in [5.41, 5.74) is 0. The lowest BCUT2D eigenvalue weighted by atomic mass is 10.0. The van der Waals surface area contributed by atoms with Crippen LogP contribution in [0.25, 0.3) is 0 Å². The lowest BCUT2D eigenvalue weighted by Crippen LogP contribution is -2.27. The summed E-state index contributed by atoms with van der Waals surface area (Å²) in [7, 11) is 0. The van der Waals surface area contributed by atoms with Gasteiger partial charge in [-0.3, -0.25) is 4.79 Å². The SMILES string of the molecule is CC/C=C\C/C=C\C/C=C\C/C=C\CCCCCCCCCCCCCCC(=O)OC(CO)COCCCCCCCCCCCCCC/C=C\C/C=C\CCCCCCC. The van der Waals surface area contributed by atoms with Gasteiger partial charge in [0, 0.05) is 13.0 Å². The first kappa shape index (κ1) is 58.8. The molecule has 0 aliphatic rings. The Morgan fingerprint density at radius 2 is 0.738 bits per heavy atom. The van der Waals surface area contributed by atoms with Gasteiger partial charge in [0.15, 0.2) is 0 Å². The van der Waals surface area contributed by atoms with E-state index in [0.29, 0.717) is 19.6 Å². The number of carbonyl (C=O) groups is 1. The highest BCUT2D eigenvalue weighted by Crippen LogP contribution is 2.15. The molecule has 0 aromatic rings. The average Bonchev–Trinajstić information content (AvgIpc) is 3.27. The highest BCUT2D eigenvalue weighted by molar-refractivity contribution is 5.69. The first-order chi connectivity index (χ1) is 30.2. The molecule has 0 spiro atoms. The summed E-state index contributed by atoms with van der Waals surface area (Å²) in [6.45, 7) is 5.24. The molecule has 0 saturated carbocycles. The fourth-order valence-corrected chi connectivity index (χ4v) is 7.59. The number of unbranched alkanes of at least 4 members (excludes halogenated alkanes) is 29. The monoisotopic (exact) mass is 851 g/mol. The minimum absolute atomic E-state index is 0.174. The molecule has 4 heteroatoms. The number of allylic oxidation sites excluding steroid dienone is 12. The fourth-order valence-electron chi connectivity index (χ4n) is 7.59. The minimum atomic E-state index is -0.540. The third-order valence-corrected chi connectivity index (χ3v) is 11.5. The molecule has 1 N–H and O–H groups in total. The maximum atomic E-state index is 12.3. The summed E-state index contributed by atoms with van der Waals surface area (Å²) in [5, 5.41) is 9.67. The molecule has 0 rings (SSSR count). The number of ether oxygens (including phenoxy) is 2. The molecule has 1 atom stereocenters. The van der Waals surface area contributed by atoms with Crippen LogP contribution >= 0.6 is 0 Å². The highest BCUT2D eigenvalue weighted by Gasteiger charge is 2.13. The Hall–Kier alpha value is -2.17. The van der Waals surface area contributed by atoms with E-state index in [2.05, 4.69) is 86.8 Å². The molecule has 354 valence electrons. The smallest absolute Gasteiger partial charge is 0.306 e. The Morgan fingerprint density at radius 1 is 0.410 bits per heavy atom. The maximum Gasteiger partial charge on any atom is 0.306 e. The zero-order chi connectivity index (χ0) is 44.0. The molecule has 0 bridgehead atoms. The van der Waals surface area contributed by atoms with Crippen molar-refractivity contribution in [2.45, 2.75) is 264 Å². The molecule has 0 amide bonds. The van der Waals surface area contributed by atoms with Gasteiger partial charge < -0.3 is 14.6 Å². The van der Waals surface area contributed by atoms with E-state index in [9.17, 15) is 9.90 Å². The van der Waals surface area contributed by atoms with Crippen molar-refractivity contribution in [3.63, 3.8) is 0 Å². The van der Waals surface area contributed by atoms with Gasteiger partial charge in [-0.05, 0) is 83.5 Å². The Bertz CT molecular complexity index is 1040. The number of hydrogen-bond acceptors (Lipinski definition) is 4. The normalized spacial score (nSPS) is 12.9. The second-order valence-corrected chi connectivity index (χ2v) is 17.6. The molecule has 0 fully saturated rings. The molecule has 0 aliphatic carbocycles. The molecule has 0 aliphatic heterocycles. The number of hydrogen-bond donors (Lipinski definition) is 1. The maximum absolute atomic E-state index is 12.3. The van der Waals surface area contributed by atoms with Gasteiger partial charge in [-0.1, -0.05) is 241 Å². The first-order valence-electron chi connectivity index (χ1n) is 26.5. The lowest BCUT2D eigenvalue weighted by molar-refractivity contribution is -0.154. The van der Waals surface area contributed by atoms with Gasteiger partial charge in [0.1, 0.15) is 6.10 Å². The van der Waals surface area contributed by atoms with Gasteiger partial charge >= 0.3 is 5.97 Å². The van der Waals surface area contributed by atoms with Crippen molar-refractivity contribution in [3.8, 4) is 0 Å². The van der Waals surface area contributed by atoms with Crippen LogP contribution in [0.1, 0.15) is 258 Å². The Labute approximate surface area is 380 Å². The predicted molar refractivity (Wildman–Crippen MR) is 269 cm³/mol. The van der Waals surface area contributed by atoms with Gasteiger partial charge in [-0.15, -0.1) is 0 Å². The number of aliphatic hydroxyl groups is 1. The van der Waals surface area contributed by atoms with Crippen molar-refractivity contribution in [1.82, 2.24) is 0 Å². The van der Waals surface area contributed by atoms with Crippen LogP contribution in [0.15, 0.2) is 72.9 Å². The third-order valence-electron chi connectivity index (χ3n) is 11.5. The van der Waals surface area contributed by atoms with E-state index < -0.39 is 6.10 Å². The third kappa shape index (κ3) is 52.1. The number of carbonyl (C=O) groups excluding carboxylic acids is 1. The lowest BCUT2D eigenvalue weighted by Gasteiger charge is -2.16. The first-order valence-corrected chi connectivity index (χ1v) is 26.5. The van der Waals surface area contributed by atoms with Crippen LogP contribution in [0.5, 0.6) is 0 Å². The molecule has 0 saturated heterocycles. The Kier molecular flexibility index (Phi) is 52.0. The number of esters is 1. The minimum Gasteiger partial charge on any atom is -0.457 e. The standard InChI is InChI=1S/C57H102O4/c1-3-5-7-9-11-13-15-17-19-21-23-25-27-29-30-32-34-36-38-40-42-44-46-48-50-52-57(59)61-56(54-58)55-60-53-51-49-47-45-43-41-39-37-35-33-31-28-26-24-22-20-18-16-14-12-10-8-6-4-2/h5,7,11,13,16-19,22-25,56,58H,3-4,6,8-10,12,14-15,20-21,26-55H2,1-2H3/b7-5-,13-11-,18-16-,19-17-,24-22-,25-23-. The van der Waals surface area contributed by atoms with Crippen LogP contribution in [0.2, 0.25) is 0 Å². The van der Waals surface area contributed by atoms with E-state index in [-0.39, 0.29) is 12.6 Å². The topological polar surface area (TPSA) is 55.8 Å². The van der Waals surface area contributed by atoms with Crippen LogP contribution < -0.4 is 0 Å². The molecular formula is C57H102O4. The van der Waals surface area contributed by atoms with Gasteiger partial charge in [0.05, 0.1) is 13.2 Å². The van der Waals surface area contributed by atoms with Crippen LogP contribution in [0, 0.1) is 0 Å². The quantitative estimate of drug-likeness (QED) is 0.0376. The zero-order valence-electron chi connectivity index (χ0n) is 40.7.